The molecule has 0 aliphatic carbocycles. The number of nitrogens with zero attached hydrogens (tertiary/aromatic N) is 3. The lowest BCUT2D eigenvalue weighted by Crippen LogP contribution is -2.38. The summed E-state index contributed by atoms with van der Waals surface area (Å²) in [5.41, 5.74) is 2.04. The quantitative estimate of drug-likeness (QED) is 0.813. The summed E-state index contributed by atoms with van der Waals surface area (Å²) in [4.78, 5) is 14.5. The normalized spacial score (nSPS) is 19.8. The van der Waals surface area contributed by atoms with Crippen LogP contribution in [-0.4, -0.2) is 67.2 Å². The first-order chi connectivity index (χ1) is 13.6. The minimum absolute atomic E-state index is 0.0261. The van der Waals surface area contributed by atoms with Gasteiger partial charge in [0.2, 0.25) is 5.91 Å². The van der Waals surface area contributed by atoms with Gasteiger partial charge in [0, 0.05) is 50.8 Å². The molecule has 1 aromatic carbocycles. The zero-order valence-electron chi connectivity index (χ0n) is 16.3. The van der Waals surface area contributed by atoms with E-state index in [1.165, 1.54) is 0 Å². The zero-order valence-corrected chi connectivity index (χ0v) is 16.3. The van der Waals surface area contributed by atoms with Gasteiger partial charge in [-0.25, -0.2) is 0 Å². The second-order valence-electron chi connectivity index (χ2n) is 7.12. The van der Waals surface area contributed by atoms with Gasteiger partial charge in [-0.1, -0.05) is 6.07 Å². The summed E-state index contributed by atoms with van der Waals surface area (Å²) in [6, 6.07) is 5.88. The predicted octanol–water partition coefficient (Wildman–Crippen LogP) is 1.61. The van der Waals surface area contributed by atoms with Crippen molar-refractivity contribution >= 4 is 11.7 Å². The standard InChI is InChI=1S/C20H26N4O4/c1-23-13-16-15(12-19(25)21-20(16)22-23)14-3-4-17(26-2)18(11-14)28-10-7-24-5-8-27-9-6-24/h3-4,11,13,15H,5-10,12H2,1-2H3,(H,21,22,25). The molecule has 3 heterocycles. The van der Waals surface area contributed by atoms with Gasteiger partial charge in [0.15, 0.2) is 17.3 Å². The van der Waals surface area contributed by atoms with Gasteiger partial charge in [0.25, 0.3) is 0 Å². The fourth-order valence-corrected chi connectivity index (χ4v) is 3.77. The molecule has 0 bridgehead atoms. The first kappa shape index (κ1) is 18.8. The Morgan fingerprint density at radius 3 is 2.89 bits per heavy atom. The minimum atomic E-state index is -0.0510. The number of fused-ring (bicyclic) bond motifs is 1. The Morgan fingerprint density at radius 2 is 2.11 bits per heavy atom. The molecule has 150 valence electrons. The number of ether oxygens (including phenoxy) is 3. The van der Waals surface area contributed by atoms with Crippen LogP contribution >= 0.6 is 0 Å². The van der Waals surface area contributed by atoms with Gasteiger partial charge >= 0.3 is 0 Å². The van der Waals surface area contributed by atoms with Crippen molar-refractivity contribution in [2.24, 2.45) is 7.05 Å². The van der Waals surface area contributed by atoms with E-state index in [9.17, 15) is 4.79 Å². The Hall–Kier alpha value is -2.58. The summed E-state index contributed by atoms with van der Waals surface area (Å²) in [6.45, 7) is 4.83. The van der Waals surface area contributed by atoms with Crippen LogP contribution in [0.5, 0.6) is 11.5 Å². The van der Waals surface area contributed by atoms with Gasteiger partial charge in [-0.15, -0.1) is 0 Å². The highest BCUT2D eigenvalue weighted by molar-refractivity contribution is 5.94. The number of anilines is 1. The summed E-state index contributed by atoms with van der Waals surface area (Å²) in [5, 5.41) is 7.19. The summed E-state index contributed by atoms with van der Waals surface area (Å²) >= 11 is 0. The number of morpholine rings is 1. The van der Waals surface area contributed by atoms with Crippen LogP contribution in [-0.2, 0) is 16.6 Å². The number of carbonyl (C=O) groups excluding carboxylic acids is 1. The SMILES string of the molecule is COc1ccc(C2CC(=O)Nc3nn(C)cc32)cc1OCCN1CCOCC1. The molecule has 1 saturated heterocycles. The molecule has 1 fully saturated rings. The molecule has 0 spiro atoms. The molecular formula is C20H26N4O4. The van der Waals surface area contributed by atoms with Crippen LogP contribution in [0, 0.1) is 0 Å². The van der Waals surface area contributed by atoms with Crippen LogP contribution < -0.4 is 14.8 Å². The Labute approximate surface area is 164 Å². The molecule has 8 heteroatoms. The van der Waals surface area contributed by atoms with E-state index in [1.807, 2.05) is 31.4 Å². The summed E-state index contributed by atoms with van der Waals surface area (Å²) in [6.07, 6.45) is 2.35. The molecule has 2 aliphatic heterocycles. The van der Waals surface area contributed by atoms with Crippen LogP contribution in [0.1, 0.15) is 23.5 Å². The molecule has 1 atom stereocenters. The highest BCUT2D eigenvalue weighted by Gasteiger charge is 2.29. The Bertz CT molecular complexity index is 845. The van der Waals surface area contributed by atoms with E-state index in [0.717, 1.165) is 44.0 Å². The van der Waals surface area contributed by atoms with Crippen molar-refractivity contribution in [3.8, 4) is 11.5 Å². The molecule has 1 aromatic heterocycles. The summed E-state index contributed by atoms with van der Waals surface area (Å²) in [7, 11) is 3.49. The molecular weight excluding hydrogens is 360 g/mol. The lowest BCUT2D eigenvalue weighted by molar-refractivity contribution is -0.116. The van der Waals surface area contributed by atoms with Crippen LogP contribution in [0.2, 0.25) is 0 Å². The first-order valence-electron chi connectivity index (χ1n) is 9.58. The van der Waals surface area contributed by atoms with Crippen molar-refractivity contribution in [3.63, 3.8) is 0 Å². The fraction of sp³-hybridized carbons (Fsp3) is 0.500. The van der Waals surface area contributed by atoms with E-state index in [1.54, 1.807) is 11.8 Å². The first-order valence-corrected chi connectivity index (χ1v) is 9.58. The number of hydrogen-bond acceptors (Lipinski definition) is 6. The number of hydrogen-bond donors (Lipinski definition) is 1. The lowest BCUT2D eigenvalue weighted by Gasteiger charge is -2.26. The van der Waals surface area contributed by atoms with Gasteiger partial charge in [-0.2, -0.15) is 5.10 Å². The molecule has 2 aromatic rings. The average Bonchev–Trinajstić information content (AvgIpc) is 3.08. The van der Waals surface area contributed by atoms with Crippen LogP contribution in [0.3, 0.4) is 0 Å². The Balaban J connectivity index is 1.52. The summed E-state index contributed by atoms with van der Waals surface area (Å²) in [5.74, 6) is 1.95. The van der Waals surface area contributed by atoms with Crippen LogP contribution in [0.25, 0.3) is 0 Å². The molecule has 0 saturated carbocycles. The molecule has 0 radical (unpaired) electrons. The minimum Gasteiger partial charge on any atom is -0.493 e. The maximum absolute atomic E-state index is 12.1. The maximum Gasteiger partial charge on any atom is 0.226 e. The molecule has 1 N–H and O–H groups in total. The van der Waals surface area contributed by atoms with E-state index >= 15 is 0 Å². The van der Waals surface area contributed by atoms with Crippen molar-refractivity contribution in [1.29, 1.82) is 0 Å². The maximum atomic E-state index is 12.1. The van der Waals surface area contributed by atoms with Gasteiger partial charge in [0.05, 0.1) is 20.3 Å². The number of methoxy groups -OCH3 is 1. The number of rotatable bonds is 6. The van der Waals surface area contributed by atoms with Gasteiger partial charge in [-0.3, -0.25) is 14.4 Å². The van der Waals surface area contributed by atoms with E-state index in [2.05, 4.69) is 15.3 Å². The van der Waals surface area contributed by atoms with Gasteiger partial charge in [-0.05, 0) is 17.7 Å². The smallest absolute Gasteiger partial charge is 0.226 e. The number of aryl methyl sites for hydroxylation is 1. The van der Waals surface area contributed by atoms with E-state index < -0.39 is 0 Å². The van der Waals surface area contributed by atoms with Gasteiger partial charge < -0.3 is 19.5 Å². The number of aromatic nitrogens is 2. The van der Waals surface area contributed by atoms with E-state index in [0.29, 0.717) is 30.3 Å². The van der Waals surface area contributed by atoms with E-state index in [4.69, 9.17) is 14.2 Å². The molecule has 4 rings (SSSR count). The Morgan fingerprint density at radius 1 is 1.29 bits per heavy atom. The van der Waals surface area contributed by atoms with Crippen molar-refractivity contribution in [1.82, 2.24) is 14.7 Å². The number of carbonyl (C=O) groups is 1. The second-order valence-corrected chi connectivity index (χ2v) is 7.12. The van der Waals surface area contributed by atoms with Crippen molar-refractivity contribution in [2.45, 2.75) is 12.3 Å². The topological polar surface area (TPSA) is 77.8 Å². The number of amides is 1. The van der Waals surface area contributed by atoms with Crippen LogP contribution in [0.4, 0.5) is 5.82 Å². The second kappa shape index (κ2) is 8.20. The van der Waals surface area contributed by atoms with E-state index in [-0.39, 0.29) is 11.8 Å². The third-order valence-electron chi connectivity index (χ3n) is 5.24. The monoisotopic (exact) mass is 386 g/mol. The van der Waals surface area contributed by atoms with Gasteiger partial charge in [0.1, 0.15) is 6.61 Å². The largest absolute Gasteiger partial charge is 0.493 e. The molecule has 2 aliphatic rings. The number of nitrogens with one attached hydrogen (secondary N) is 1. The molecule has 1 unspecified atom stereocenters. The third-order valence-corrected chi connectivity index (χ3v) is 5.24. The third kappa shape index (κ3) is 3.98. The van der Waals surface area contributed by atoms with Crippen molar-refractivity contribution in [2.75, 3.05) is 51.9 Å². The average molecular weight is 386 g/mol. The molecule has 1 amide bonds. The fourth-order valence-electron chi connectivity index (χ4n) is 3.77. The highest BCUT2D eigenvalue weighted by Crippen LogP contribution is 2.39. The van der Waals surface area contributed by atoms with Crippen molar-refractivity contribution < 1.29 is 19.0 Å². The molecule has 28 heavy (non-hydrogen) atoms. The predicted molar refractivity (Wildman–Crippen MR) is 104 cm³/mol. The zero-order chi connectivity index (χ0) is 19.5. The van der Waals surface area contributed by atoms with Crippen LogP contribution in [0.15, 0.2) is 24.4 Å². The number of benzene rings is 1. The molecule has 8 nitrogen and oxygen atoms in total. The van der Waals surface area contributed by atoms with Crippen molar-refractivity contribution in [3.05, 3.63) is 35.5 Å². The lowest BCUT2D eigenvalue weighted by atomic mass is 9.87. The highest BCUT2D eigenvalue weighted by atomic mass is 16.5. The Kier molecular flexibility index (Phi) is 5.50. The summed E-state index contributed by atoms with van der Waals surface area (Å²) < 4.78 is 18.6.